The lowest BCUT2D eigenvalue weighted by molar-refractivity contribution is 0.700. The molecule has 1 N–H and O–H groups in total. The van der Waals surface area contributed by atoms with Crippen LogP contribution in [0, 0.1) is 12.3 Å². The number of hydrogen-bond donors (Lipinski definition) is 1. The van der Waals surface area contributed by atoms with Gasteiger partial charge in [-0.05, 0) is 31.2 Å². The Morgan fingerprint density at radius 3 is 3.13 bits per heavy atom. The lowest BCUT2D eigenvalue weighted by Crippen LogP contribution is -2.04. The molecule has 0 spiro atoms. The van der Waals surface area contributed by atoms with Crippen LogP contribution in [0.4, 0.5) is 5.82 Å². The minimum absolute atomic E-state index is 0.496. The summed E-state index contributed by atoms with van der Waals surface area (Å²) in [5.74, 6) is 3.52. The zero-order valence-electron chi connectivity index (χ0n) is 12.7. The third kappa shape index (κ3) is 2.68. The summed E-state index contributed by atoms with van der Waals surface area (Å²) in [7, 11) is 0. The number of thiophene rings is 1. The van der Waals surface area contributed by atoms with E-state index >= 15 is 0 Å². The van der Waals surface area contributed by atoms with E-state index in [1.54, 1.807) is 11.0 Å². The minimum atomic E-state index is 0.496. The highest BCUT2D eigenvalue weighted by Gasteiger charge is 2.19. The Labute approximate surface area is 138 Å². The lowest BCUT2D eigenvalue weighted by Gasteiger charge is -2.12. The van der Waals surface area contributed by atoms with E-state index in [4.69, 9.17) is 6.42 Å². The van der Waals surface area contributed by atoms with Gasteiger partial charge in [-0.1, -0.05) is 5.92 Å². The van der Waals surface area contributed by atoms with E-state index < -0.39 is 0 Å². The van der Waals surface area contributed by atoms with E-state index in [1.807, 2.05) is 23.7 Å². The fourth-order valence-electron chi connectivity index (χ4n) is 3.09. The van der Waals surface area contributed by atoms with Crippen LogP contribution in [-0.4, -0.2) is 19.7 Å². The van der Waals surface area contributed by atoms with Crippen molar-refractivity contribution >= 4 is 27.4 Å². The Kier molecular flexibility index (Phi) is 3.72. The van der Waals surface area contributed by atoms with Crippen LogP contribution in [0.2, 0.25) is 0 Å². The van der Waals surface area contributed by atoms with E-state index in [-0.39, 0.29) is 0 Å². The summed E-state index contributed by atoms with van der Waals surface area (Å²) in [5.41, 5.74) is 2.54. The standard InChI is InChI=1S/C17H17N5S/c1-2-7-22-10-12(9-21-22)8-18-16-15-13-5-3-4-6-14(13)23-17(15)20-11-19-16/h1,9-11H,3-8H2,(H,18,19,20). The first kappa shape index (κ1) is 14.2. The molecule has 1 aliphatic carbocycles. The molecular formula is C17H17N5S. The van der Waals surface area contributed by atoms with Gasteiger partial charge in [0.25, 0.3) is 0 Å². The van der Waals surface area contributed by atoms with Crippen molar-refractivity contribution in [2.24, 2.45) is 0 Å². The quantitative estimate of drug-likeness (QED) is 0.750. The maximum absolute atomic E-state index is 5.31. The van der Waals surface area contributed by atoms with Gasteiger partial charge in [-0.2, -0.15) is 5.10 Å². The van der Waals surface area contributed by atoms with Crippen molar-refractivity contribution in [3.63, 3.8) is 0 Å². The van der Waals surface area contributed by atoms with Crippen LogP contribution in [-0.2, 0) is 25.9 Å². The lowest BCUT2D eigenvalue weighted by atomic mass is 9.97. The summed E-state index contributed by atoms with van der Waals surface area (Å²) >= 11 is 1.82. The first-order valence-electron chi connectivity index (χ1n) is 7.79. The molecule has 3 aromatic rings. The highest BCUT2D eigenvalue weighted by Crippen LogP contribution is 2.38. The van der Waals surface area contributed by atoms with Gasteiger partial charge in [0.05, 0.1) is 11.6 Å². The van der Waals surface area contributed by atoms with Crippen LogP contribution >= 0.6 is 11.3 Å². The number of hydrogen-bond acceptors (Lipinski definition) is 5. The van der Waals surface area contributed by atoms with Crippen molar-refractivity contribution in [2.75, 3.05) is 5.32 Å². The smallest absolute Gasteiger partial charge is 0.138 e. The molecule has 0 aliphatic heterocycles. The normalized spacial score (nSPS) is 13.7. The highest BCUT2D eigenvalue weighted by atomic mass is 32.1. The Morgan fingerprint density at radius 1 is 1.30 bits per heavy atom. The molecular weight excluding hydrogens is 306 g/mol. The van der Waals surface area contributed by atoms with Crippen molar-refractivity contribution in [1.29, 1.82) is 0 Å². The second-order valence-corrected chi connectivity index (χ2v) is 6.80. The summed E-state index contributed by atoms with van der Waals surface area (Å²) in [6.07, 6.45) is 15.6. The molecule has 5 nitrogen and oxygen atoms in total. The SMILES string of the molecule is C#CCn1cc(CNc2ncnc3sc4c(c23)CCCC4)cn1. The second kappa shape index (κ2) is 6.01. The largest absolute Gasteiger partial charge is 0.365 e. The van der Waals surface area contributed by atoms with Crippen LogP contribution in [0.15, 0.2) is 18.7 Å². The minimum Gasteiger partial charge on any atom is -0.365 e. The number of rotatable bonds is 4. The molecule has 3 aromatic heterocycles. The first-order valence-corrected chi connectivity index (χ1v) is 8.60. The third-order valence-electron chi connectivity index (χ3n) is 4.15. The number of fused-ring (bicyclic) bond motifs is 3. The molecule has 6 heteroatoms. The second-order valence-electron chi connectivity index (χ2n) is 5.72. The van der Waals surface area contributed by atoms with Crippen molar-refractivity contribution in [2.45, 2.75) is 38.8 Å². The zero-order valence-corrected chi connectivity index (χ0v) is 13.6. The number of nitrogens with one attached hydrogen (secondary N) is 1. The summed E-state index contributed by atoms with van der Waals surface area (Å²) in [6, 6.07) is 0. The van der Waals surface area contributed by atoms with Crippen LogP contribution in [0.5, 0.6) is 0 Å². The first-order chi connectivity index (χ1) is 11.3. The van der Waals surface area contributed by atoms with E-state index in [0.29, 0.717) is 13.1 Å². The van der Waals surface area contributed by atoms with Crippen molar-refractivity contribution in [3.8, 4) is 12.3 Å². The topological polar surface area (TPSA) is 55.6 Å². The van der Waals surface area contributed by atoms with Gasteiger partial charge < -0.3 is 5.32 Å². The van der Waals surface area contributed by atoms with Gasteiger partial charge in [0, 0.05) is 23.2 Å². The van der Waals surface area contributed by atoms with E-state index in [2.05, 4.69) is 26.3 Å². The van der Waals surface area contributed by atoms with E-state index in [1.165, 1.54) is 35.1 Å². The van der Waals surface area contributed by atoms with E-state index in [9.17, 15) is 0 Å². The van der Waals surface area contributed by atoms with Gasteiger partial charge >= 0.3 is 0 Å². The number of aryl methyl sites for hydroxylation is 2. The van der Waals surface area contributed by atoms with Gasteiger partial charge in [-0.15, -0.1) is 17.8 Å². The van der Waals surface area contributed by atoms with Crippen LogP contribution in [0.3, 0.4) is 0 Å². The van der Waals surface area contributed by atoms with Crippen molar-refractivity contribution in [1.82, 2.24) is 19.7 Å². The van der Waals surface area contributed by atoms with Crippen LogP contribution in [0.1, 0.15) is 28.8 Å². The summed E-state index contributed by atoms with van der Waals surface area (Å²) in [5, 5.41) is 8.90. The van der Waals surface area contributed by atoms with Crippen LogP contribution in [0.25, 0.3) is 10.2 Å². The molecule has 0 amide bonds. The molecule has 4 rings (SSSR count). The Hall–Kier alpha value is -2.39. The number of terminal acetylenes is 1. The predicted molar refractivity (Wildman–Crippen MR) is 92.4 cm³/mol. The zero-order chi connectivity index (χ0) is 15.6. The molecule has 0 bridgehead atoms. The molecule has 0 saturated carbocycles. The summed E-state index contributed by atoms with van der Waals surface area (Å²) in [6.45, 7) is 1.18. The van der Waals surface area contributed by atoms with E-state index in [0.717, 1.165) is 22.6 Å². The van der Waals surface area contributed by atoms with Gasteiger partial charge in [0.2, 0.25) is 0 Å². The molecule has 3 heterocycles. The maximum Gasteiger partial charge on any atom is 0.138 e. The molecule has 116 valence electrons. The molecule has 1 aliphatic rings. The van der Waals surface area contributed by atoms with Crippen LogP contribution < -0.4 is 5.32 Å². The average Bonchev–Trinajstić information content (AvgIpc) is 3.17. The monoisotopic (exact) mass is 323 g/mol. The fraction of sp³-hybridized carbons (Fsp3) is 0.353. The Bertz CT molecular complexity index is 886. The number of nitrogens with zero attached hydrogens (tertiary/aromatic N) is 4. The molecule has 23 heavy (non-hydrogen) atoms. The van der Waals surface area contributed by atoms with Gasteiger partial charge in [-0.3, -0.25) is 4.68 Å². The summed E-state index contributed by atoms with van der Waals surface area (Å²) in [4.78, 5) is 11.5. The van der Waals surface area contributed by atoms with Gasteiger partial charge in [-0.25, -0.2) is 9.97 Å². The number of anilines is 1. The average molecular weight is 323 g/mol. The molecule has 0 atom stereocenters. The third-order valence-corrected chi connectivity index (χ3v) is 5.35. The Morgan fingerprint density at radius 2 is 2.22 bits per heavy atom. The van der Waals surface area contributed by atoms with Gasteiger partial charge in [0.1, 0.15) is 23.5 Å². The highest BCUT2D eigenvalue weighted by molar-refractivity contribution is 7.19. The number of aromatic nitrogens is 4. The van der Waals surface area contributed by atoms with Crippen molar-refractivity contribution < 1.29 is 0 Å². The fourth-order valence-corrected chi connectivity index (χ4v) is 4.32. The summed E-state index contributed by atoms with van der Waals surface area (Å²) < 4.78 is 1.76. The molecule has 0 aromatic carbocycles. The van der Waals surface area contributed by atoms with Crippen molar-refractivity contribution in [3.05, 3.63) is 34.7 Å². The Balaban J connectivity index is 1.61. The molecule has 0 unspecified atom stereocenters. The molecule has 0 radical (unpaired) electrons. The predicted octanol–water partition coefficient (Wildman–Crippen LogP) is 3.01. The molecule has 0 fully saturated rings. The molecule has 0 saturated heterocycles. The van der Waals surface area contributed by atoms with Gasteiger partial charge in [0.15, 0.2) is 0 Å². The maximum atomic E-state index is 5.31.